The molecule has 1 aliphatic rings. The van der Waals surface area contributed by atoms with E-state index in [4.69, 9.17) is 14.9 Å². The Morgan fingerprint density at radius 1 is 1.16 bits per heavy atom. The zero-order valence-corrected chi connectivity index (χ0v) is 18.2. The lowest BCUT2D eigenvalue weighted by atomic mass is 10.1. The van der Waals surface area contributed by atoms with Gasteiger partial charge in [0.05, 0.1) is 6.61 Å². The van der Waals surface area contributed by atoms with Crippen LogP contribution in [-0.4, -0.2) is 24.8 Å². The van der Waals surface area contributed by atoms with E-state index in [1.54, 1.807) is 0 Å². The molecule has 0 aromatic heterocycles. The summed E-state index contributed by atoms with van der Waals surface area (Å²) in [6.07, 6.45) is 7.18. The van der Waals surface area contributed by atoms with Gasteiger partial charge in [0.15, 0.2) is 0 Å². The van der Waals surface area contributed by atoms with E-state index in [-0.39, 0.29) is 11.9 Å². The molecule has 3 N–H and O–H groups in total. The van der Waals surface area contributed by atoms with Gasteiger partial charge in [0, 0.05) is 37.1 Å². The molecule has 164 valence electrons. The molecule has 1 atom stereocenters. The van der Waals surface area contributed by atoms with Gasteiger partial charge in [0.2, 0.25) is 5.91 Å². The summed E-state index contributed by atoms with van der Waals surface area (Å²) in [7, 11) is 0. The van der Waals surface area contributed by atoms with Crippen LogP contribution in [0.5, 0.6) is 17.2 Å². The molecule has 2 aromatic carbocycles. The van der Waals surface area contributed by atoms with Crippen LogP contribution in [0.2, 0.25) is 0 Å². The third kappa shape index (κ3) is 8.16. The number of hydrogen-bond acceptors (Lipinski definition) is 5. The molecule has 3 rings (SSSR count). The second-order valence-electron chi connectivity index (χ2n) is 8.00. The van der Waals surface area contributed by atoms with E-state index < -0.39 is 0 Å². The van der Waals surface area contributed by atoms with E-state index in [1.165, 1.54) is 26.0 Å². The van der Waals surface area contributed by atoms with Crippen molar-refractivity contribution in [3.8, 4) is 17.2 Å². The number of allylic oxidation sites excluding steroid dienone is 1. The topological polar surface area (TPSA) is 83.4 Å². The molecule has 6 nitrogen and oxygen atoms in total. The van der Waals surface area contributed by atoms with Crippen molar-refractivity contribution in [1.82, 2.24) is 5.32 Å². The van der Waals surface area contributed by atoms with Crippen molar-refractivity contribution < 1.29 is 14.3 Å². The van der Waals surface area contributed by atoms with Gasteiger partial charge >= 0.3 is 0 Å². The lowest BCUT2D eigenvalue weighted by Gasteiger charge is -2.12. The first-order valence-corrected chi connectivity index (χ1v) is 10.8. The normalized spacial score (nSPS) is 14.5. The van der Waals surface area contributed by atoms with Crippen molar-refractivity contribution in [2.45, 2.75) is 45.6 Å². The first-order valence-electron chi connectivity index (χ1n) is 10.8. The van der Waals surface area contributed by atoms with Crippen LogP contribution in [0.4, 0.5) is 5.69 Å². The van der Waals surface area contributed by atoms with Gasteiger partial charge in [0.1, 0.15) is 17.2 Å². The number of nitrogens with one attached hydrogen (secondary N) is 3. The molecule has 0 aliphatic heterocycles. The summed E-state index contributed by atoms with van der Waals surface area (Å²) in [5, 5.41) is 13.7. The molecule has 0 bridgehead atoms. The highest BCUT2D eigenvalue weighted by Gasteiger charge is 2.21. The van der Waals surface area contributed by atoms with Crippen LogP contribution in [-0.2, 0) is 4.79 Å². The average molecular weight is 422 g/mol. The fraction of sp³-hybridized carbons (Fsp3) is 0.360. The fourth-order valence-corrected chi connectivity index (χ4v) is 3.05. The molecule has 1 unspecified atom stereocenters. The summed E-state index contributed by atoms with van der Waals surface area (Å²) >= 11 is 0. The number of anilines is 1. The molecule has 0 saturated heterocycles. The first-order chi connectivity index (χ1) is 15.0. The SMILES string of the molecule is CC(=O)NC(C)CC/C(C=N)=C/Nc1ccc(Oc2cccc(OCC3CC3)c2)cc1. The van der Waals surface area contributed by atoms with Crippen LogP contribution >= 0.6 is 0 Å². The molecule has 6 heteroatoms. The van der Waals surface area contributed by atoms with Crippen molar-refractivity contribution in [2.24, 2.45) is 5.92 Å². The lowest BCUT2D eigenvalue weighted by Crippen LogP contribution is -2.30. The van der Waals surface area contributed by atoms with Crippen LogP contribution < -0.4 is 20.1 Å². The standard InChI is InChI=1S/C25H31N3O3/c1-18(28-19(2)29)6-7-21(15-26)16-27-22-10-12-23(13-11-22)31-25-5-3-4-24(14-25)30-17-20-8-9-20/h3-5,10-16,18,20,26-27H,6-9,17H2,1-2H3,(H,28,29)/b21-16-,26-15?. The number of rotatable bonds is 12. The van der Waals surface area contributed by atoms with Gasteiger partial charge in [-0.15, -0.1) is 0 Å². The zero-order valence-electron chi connectivity index (χ0n) is 18.2. The minimum absolute atomic E-state index is 0.0363. The Labute approximate surface area is 184 Å². The maximum atomic E-state index is 11.1. The molecule has 1 aliphatic carbocycles. The minimum atomic E-state index is -0.0363. The van der Waals surface area contributed by atoms with Crippen molar-refractivity contribution in [3.63, 3.8) is 0 Å². The summed E-state index contributed by atoms with van der Waals surface area (Å²) in [4.78, 5) is 11.1. The van der Waals surface area contributed by atoms with Crippen LogP contribution in [0.3, 0.4) is 0 Å². The van der Waals surface area contributed by atoms with E-state index in [0.717, 1.165) is 41.5 Å². The van der Waals surface area contributed by atoms with Crippen LogP contribution in [0, 0.1) is 11.3 Å². The van der Waals surface area contributed by atoms with Gasteiger partial charge in [-0.3, -0.25) is 4.79 Å². The monoisotopic (exact) mass is 421 g/mol. The lowest BCUT2D eigenvalue weighted by molar-refractivity contribution is -0.119. The Kier molecular flexibility index (Phi) is 8.10. The van der Waals surface area contributed by atoms with Crippen LogP contribution in [0.1, 0.15) is 39.5 Å². The molecule has 0 spiro atoms. The number of carbonyl (C=O) groups is 1. The zero-order chi connectivity index (χ0) is 22.1. The fourth-order valence-electron chi connectivity index (χ4n) is 3.05. The van der Waals surface area contributed by atoms with Crippen molar-refractivity contribution in [1.29, 1.82) is 5.41 Å². The van der Waals surface area contributed by atoms with Crippen molar-refractivity contribution in [3.05, 3.63) is 60.3 Å². The van der Waals surface area contributed by atoms with Crippen LogP contribution in [0.25, 0.3) is 0 Å². The summed E-state index contributed by atoms with van der Waals surface area (Å²) in [6, 6.07) is 15.5. The highest BCUT2D eigenvalue weighted by molar-refractivity contribution is 5.76. The van der Waals surface area contributed by atoms with E-state index in [9.17, 15) is 4.79 Å². The third-order valence-electron chi connectivity index (χ3n) is 5.00. The number of ether oxygens (including phenoxy) is 2. The second-order valence-corrected chi connectivity index (χ2v) is 8.00. The number of amides is 1. The molecule has 1 fully saturated rings. The molecule has 0 heterocycles. The van der Waals surface area contributed by atoms with Gasteiger partial charge in [-0.05, 0) is 80.5 Å². The number of hydrogen-bond donors (Lipinski definition) is 3. The Balaban J connectivity index is 1.50. The summed E-state index contributed by atoms with van der Waals surface area (Å²) < 4.78 is 11.8. The summed E-state index contributed by atoms with van der Waals surface area (Å²) in [5.41, 5.74) is 1.77. The predicted octanol–water partition coefficient (Wildman–Crippen LogP) is 5.52. The van der Waals surface area contributed by atoms with Crippen molar-refractivity contribution in [2.75, 3.05) is 11.9 Å². The number of carbonyl (C=O) groups excluding carboxylic acids is 1. The number of benzene rings is 2. The molecule has 2 aromatic rings. The molecule has 1 amide bonds. The molecule has 0 radical (unpaired) electrons. The maximum absolute atomic E-state index is 11.1. The Morgan fingerprint density at radius 2 is 1.90 bits per heavy atom. The second kappa shape index (κ2) is 11.2. The highest BCUT2D eigenvalue weighted by Crippen LogP contribution is 2.31. The molecule has 1 saturated carbocycles. The third-order valence-corrected chi connectivity index (χ3v) is 5.00. The maximum Gasteiger partial charge on any atom is 0.217 e. The minimum Gasteiger partial charge on any atom is -0.493 e. The van der Waals surface area contributed by atoms with Gasteiger partial charge in [-0.1, -0.05) is 6.07 Å². The predicted molar refractivity (Wildman–Crippen MR) is 124 cm³/mol. The Morgan fingerprint density at radius 3 is 2.58 bits per heavy atom. The van der Waals surface area contributed by atoms with Crippen LogP contribution in [0.15, 0.2) is 60.3 Å². The summed E-state index contributed by atoms with van der Waals surface area (Å²) in [6.45, 7) is 4.25. The van der Waals surface area contributed by atoms with E-state index >= 15 is 0 Å². The van der Waals surface area contributed by atoms with Gasteiger partial charge in [-0.25, -0.2) is 0 Å². The van der Waals surface area contributed by atoms with E-state index in [1.807, 2.05) is 61.7 Å². The first kappa shape index (κ1) is 22.4. The highest BCUT2D eigenvalue weighted by atomic mass is 16.5. The Hall–Kier alpha value is -3.28. The van der Waals surface area contributed by atoms with E-state index in [0.29, 0.717) is 12.3 Å². The van der Waals surface area contributed by atoms with Gasteiger partial charge in [-0.2, -0.15) is 0 Å². The van der Waals surface area contributed by atoms with E-state index in [2.05, 4.69) is 10.6 Å². The average Bonchev–Trinajstić information content (AvgIpc) is 3.58. The molecule has 31 heavy (non-hydrogen) atoms. The van der Waals surface area contributed by atoms with Gasteiger partial charge < -0.3 is 25.5 Å². The van der Waals surface area contributed by atoms with Gasteiger partial charge in [0.25, 0.3) is 0 Å². The quantitative estimate of drug-likeness (QED) is 0.394. The Bertz CT molecular complexity index is 904. The summed E-state index contributed by atoms with van der Waals surface area (Å²) in [5.74, 6) is 3.00. The largest absolute Gasteiger partial charge is 0.493 e. The molecular formula is C25H31N3O3. The van der Waals surface area contributed by atoms with Crippen molar-refractivity contribution >= 4 is 17.8 Å². The molecular weight excluding hydrogens is 390 g/mol. The smallest absolute Gasteiger partial charge is 0.217 e.